The Balaban J connectivity index is 4.34. The quantitative estimate of drug-likeness (QED) is 0.351. The fourth-order valence-corrected chi connectivity index (χ4v) is 1.14. The Morgan fingerprint density at radius 3 is 1.37 bits per heavy atom. The summed E-state index contributed by atoms with van der Waals surface area (Å²) in [7, 11) is 0. The number of rotatable bonds is 8. The van der Waals surface area contributed by atoms with Gasteiger partial charge in [-0.25, -0.2) is 0 Å². The van der Waals surface area contributed by atoms with E-state index in [-0.39, 0.29) is 0 Å². The maximum absolute atomic E-state index is 11.7. The van der Waals surface area contributed by atoms with Gasteiger partial charge in [0.1, 0.15) is 12.5 Å². The van der Waals surface area contributed by atoms with E-state index in [4.69, 9.17) is 51.1 Å². The molecule has 19 heavy (non-hydrogen) atoms. The van der Waals surface area contributed by atoms with E-state index in [1.54, 1.807) is 0 Å². The molecule has 0 rings (SSSR count). The smallest absolute Gasteiger partial charge is 0.387 e. The highest BCUT2D eigenvalue weighted by molar-refractivity contribution is 6.38. The molecule has 11 heteroatoms. The van der Waals surface area contributed by atoms with Crippen LogP contribution in [0.4, 0.5) is 17.6 Å². The summed E-state index contributed by atoms with van der Waals surface area (Å²) in [5.74, 6) is 0. The van der Waals surface area contributed by atoms with Crippen molar-refractivity contribution < 1.29 is 31.8 Å². The highest BCUT2D eigenvalue weighted by Gasteiger charge is 2.19. The second kappa shape index (κ2) is 9.77. The molecule has 0 saturated heterocycles. The van der Waals surface area contributed by atoms with Gasteiger partial charge < -0.3 is 14.2 Å². The van der Waals surface area contributed by atoms with Gasteiger partial charge in [-0.15, -0.1) is 0 Å². The van der Waals surface area contributed by atoms with Crippen LogP contribution in [-0.4, -0.2) is 24.3 Å². The first-order valence-electron chi connectivity index (χ1n) is 4.26. The molecule has 0 aliphatic rings. The Morgan fingerprint density at radius 2 is 1.11 bits per heavy atom. The van der Waals surface area contributed by atoms with E-state index < -0.39 is 34.4 Å². The van der Waals surface area contributed by atoms with E-state index in [0.29, 0.717) is 12.5 Å². The summed E-state index contributed by atoms with van der Waals surface area (Å²) in [6, 6.07) is 0. The second-order valence-electron chi connectivity index (χ2n) is 2.57. The number of hydrogen-bond donors (Lipinski definition) is 0. The minimum absolute atomic E-state index is 0.445. The lowest BCUT2D eigenvalue weighted by Crippen LogP contribution is -2.14. The Hall–Kier alpha value is -0.0800. The van der Waals surface area contributed by atoms with Gasteiger partial charge in [-0.3, -0.25) is 0 Å². The van der Waals surface area contributed by atoms with Crippen LogP contribution in [0.5, 0.6) is 0 Å². The maximum Gasteiger partial charge on any atom is 0.387 e. The van der Waals surface area contributed by atoms with Gasteiger partial charge in [0.15, 0.2) is 11.1 Å². The van der Waals surface area contributed by atoms with Crippen LogP contribution >= 0.6 is 46.4 Å². The molecule has 0 bridgehead atoms. The molecule has 3 nitrogen and oxygen atoms in total. The zero-order chi connectivity index (χ0) is 15.0. The molecule has 0 aromatic heterocycles. The first kappa shape index (κ1) is 18.9. The van der Waals surface area contributed by atoms with Gasteiger partial charge in [-0.2, -0.15) is 17.6 Å². The summed E-state index contributed by atoms with van der Waals surface area (Å²) >= 11 is 21.9. The molecule has 0 aromatic rings. The molecule has 0 saturated carbocycles. The van der Waals surface area contributed by atoms with Crippen molar-refractivity contribution in [1.29, 1.82) is 0 Å². The third kappa shape index (κ3) is 9.45. The van der Waals surface area contributed by atoms with Crippen LogP contribution in [0.3, 0.4) is 0 Å². The number of ether oxygens (including phenoxy) is 3. The van der Waals surface area contributed by atoms with E-state index in [1.165, 1.54) is 0 Å². The predicted octanol–water partition coefficient (Wildman–Crippen LogP) is 4.77. The highest BCUT2D eigenvalue weighted by Crippen LogP contribution is 2.24. The summed E-state index contributed by atoms with van der Waals surface area (Å²) in [6.07, 6.45) is 0.890. The Morgan fingerprint density at radius 1 is 0.789 bits per heavy atom. The molecule has 0 heterocycles. The van der Waals surface area contributed by atoms with Crippen LogP contribution in [0.15, 0.2) is 22.6 Å². The molecule has 2 unspecified atom stereocenters. The van der Waals surface area contributed by atoms with Gasteiger partial charge >= 0.3 is 13.2 Å². The first-order chi connectivity index (χ1) is 8.73. The number of alkyl halides is 6. The van der Waals surface area contributed by atoms with E-state index in [1.807, 2.05) is 0 Å². The molecular weight excluding hydrogens is 362 g/mol. The zero-order valence-corrected chi connectivity index (χ0v) is 11.7. The maximum atomic E-state index is 11.7. The van der Waals surface area contributed by atoms with Gasteiger partial charge in [0.25, 0.3) is 0 Å². The Bertz CT molecular complexity index is 297. The van der Waals surface area contributed by atoms with Crippen LogP contribution in [0, 0.1) is 0 Å². The lowest BCUT2D eigenvalue weighted by Gasteiger charge is -2.14. The van der Waals surface area contributed by atoms with E-state index in [2.05, 4.69) is 9.47 Å². The van der Waals surface area contributed by atoms with Crippen molar-refractivity contribution in [2.45, 2.75) is 24.3 Å². The summed E-state index contributed by atoms with van der Waals surface area (Å²) < 4.78 is 58.9. The molecule has 0 aliphatic heterocycles. The summed E-state index contributed by atoms with van der Waals surface area (Å²) in [5.41, 5.74) is -2.95. The lowest BCUT2D eigenvalue weighted by molar-refractivity contribution is -0.0840. The van der Waals surface area contributed by atoms with Crippen LogP contribution in [0.2, 0.25) is 0 Å². The fraction of sp³-hybridized carbons (Fsp3) is 0.500. The van der Waals surface area contributed by atoms with Gasteiger partial charge in [0.2, 0.25) is 0 Å². The van der Waals surface area contributed by atoms with Crippen LogP contribution in [-0.2, 0) is 14.2 Å². The molecule has 0 aromatic carbocycles. The van der Waals surface area contributed by atoms with Crippen molar-refractivity contribution in [2.75, 3.05) is 0 Å². The molecule has 0 N–H and O–H groups in total. The topological polar surface area (TPSA) is 27.7 Å². The predicted molar refractivity (Wildman–Crippen MR) is 62.4 cm³/mol. The van der Waals surface area contributed by atoms with E-state index in [9.17, 15) is 17.6 Å². The van der Waals surface area contributed by atoms with Crippen molar-refractivity contribution in [3.63, 3.8) is 0 Å². The number of hydrogen-bond acceptors (Lipinski definition) is 3. The van der Waals surface area contributed by atoms with Crippen molar-refractivity contribution in [1.82, 2.24) is 0 Å². The largest absolute Gasteiger partial charge is 0.441 e. The zero-order valence-electron chi connectivity index (χ0n) is 8.71. The molecule has 0 aliphatic carbocycles. The molecule has 0 radical (unpaired) electrons. The van der Waals surface area contributed by atoms with Crippen LogP contribution in [0.25, 0.3) is 0 Å². The van der Waals surface area contributed by atoms with Gasteiger partial charge in [-0.1, -0.05) is 46.4 Å². The Labute approximate surface area is 125 Å². The van der Waals surface area contributed by atoms with Crippen molar-refractivity contribution in [3.05, 3.63) is 22.6 Å². The van der Waals surface area contributed by atoms with Crippen molar-refractivity contribution in [2.24, 2.45) is 0 Å². The summed E-state index contributed by atoms with van der Waals surface area (Å²) in [5, 5.41) is -0.904. The van der Waals surface area contributed by atoms with Gasteiger partial charge in [0.05, 0.1) is 10.1 Å². The highest BCUT2D eigenvalue weighted by atomic mass is 35.5. The average molecular weight is 368 g/mol. The third-order valence-corrected chi connectivity index (χ3v) is 2.71. The van der Waals surface area contributed by atoms with Gasteiger partial charge in [-0.05, 0) is 0 Å². The average Bonchev–Trinajstić information content (AvgIpc) is 2.32. The summed E-state index contributed by atoms with van der Waals surface area (Å²) in [4.78, 5) is 0. The van der Waals surface area contributed by atoms with Crippen molar-refractivity contribution >= 4 is 46.4 Å². The monoisotopic (exact) mass is 366 g/mol. The molecule has 0 fully saturated rings. The normalized spacial score (nSPS) is 16.7. The van der Waals surface area contributed by atoms with E-state index in [0.717, 1.165) is 0 Å². The lowest BCUT2D eigenvalue weighted by atomic mass is 10.6. The fourth-order valence-electron chi connectivity index (χ4n) is 0.575. The summed E-state index contributed by atoms with van der Waals surface area (Å²) in [6.45, 7) is -6.18. The molecule has 0 spiro atoms. The molecule has 112 valence electrons. The van der Waals surface area contributed by atoms with Crippen LogP contribution < -0.4 is 0 Å². The van der Waals surface area contributed by atoms with Crippen molar-refractivity contribution in [3.8, 4) is 0 Å². The minimum atomic E-state index is -3.09. The first-order valence-corrected chi connectivity index (χ1v) is 5.88. The Kier molecular flexibility index (Phi) is 9.72. The van der Waals surface area contributed by atoms with Crippen LogP contribution in [0.1, 0.15) is 0 Å². The second-order valence-corrected chi connectivity index (χ2v) is 4.23. The molecule has 2 atom stereocenters. The van der Waals surface area contributed by atoms with E-state index >= 15 is 0 Å². The molecular formula is C8H6Cl4F4O3. The van der Waals surface area contributed by atoms with Gasteiger partial charge in [0, 0.05) is 0 Å². The minimum Gasteiger partial charge on any atom is -0.441 e. The number of halogens is 8. The third-order valence-electron chi connectivity index (χ3n) is 1.24. The SMILES string of the molecule is FC(F)OC=C(Cl)C(Cl)OC(Cl)C(Cl)=COC(F)F. The molecule has 0 amide bonds. The standard InChI is InChI=1S/C8H6Cl4F4O3/c9-3(1-17-7(13)14)5(11)19-6(12)4(10)2-18-8(15)16/h1-2,5-8H.